The Kier molecular flexibility index (Phi) is 4.07. The molecule has 1 saturated heterocycles. The Hall–Kier alpha value is -2.43. The number of nitrogens with zero attached hydrogens (tertiary/aromatic N) is 5. The fourth-order valence-electron chi connectivity index (χ4n) is 1.97. The summed E-state index contributed by atoms with van der Waals surface area (Å²) in [5, 5.41) is 11.3. The van der Waals surface area contributed by atoms with Gasteiger partial charge >= 0.3 is 0 Å². The second-order valence-corrected chi connectivity index (χ2v) is 4.02. The molecule has 1 fully saturated rings. The average molecular weight is 263 g/mol. The van der Waals surface area contributed by atoms with Gasteiger partial charge in [0.2, 0.25) is 11.6 Å². The summed E-state index contributed by atoms with van der Waals surface area (Å²) in [5.74, 6) is 0.218. The molecular weight excluding hydrogens is 250 g/mol. The van der Waals surface area contributed by atoms with Crippen molar-refractivity contribution in [3.05, 3.63) is 4.91 Å². The van der Waals surface area contributed by atoms with Crippen molar-refractivity contribution >= 4 is 11.6 Å². The van der Waals surface area contributed by atoms with Crippen molar-refractivity contribution in [1.29, 1.82) is 5.26 Å². The molecule has 0 bridgehead atoms. The Labute approximate surface area is 109 Å². The Bertz CT molecular complexity index is 508. The SMILES string of the molecule is COc1nc(N2CCCCC2)nc(OC#N)c1N=O. The first kappa shape index (κ1) is 13.0. The van der Waals surface area contributed by atoms with E-state index in [2.05, 4.69) is 19.9 Å². The smallest absolute Gasteiger partial charge is 0.293 e. The van der Waals surface area contributed by atoms with Crippen molar-refractivity contribution in [1.82, 2.24) is 9.97 Å². The van der Waals surface area contributed by atoms with Crippen LogP contribution in [0.2, 0.25) is 0 Å². The number of hydrogen-bond donors (Lipinski definition) is 0. The van der Waals surface area contributed by atoms with Gasteiger partial charge in [0.05, 0.1) is 7.11 Å². The first-order chi connectivity index (χ1) is 9.30. The summed E-state index contributed by atoms with van der Waals surface area (Å²) in [5.41, 5.74) is -0.204. The Balaban J connectivity index is 2.41. The van der Waals surface area contributed by atoms with Crippen LogP contribution in [0.5, 0.6) is 11.8 Å². The van der Waals surface area contributed by atoms with Crippen LogP contribution in [0.3, 0.4) is 0 Å². The number of ether oxygens (including phenoxy) is 2. The maximum Gasteiger partial charge on any atom is 0.293 e. The third-order valence-corrected chi connectivity index (χ3v) is 2.87. The maximum atomic E-state index is 10.8. The molecule has 100 valence electrons. The van der Waals surface area contributed by atoms with Crippen LogP contribution in [0.15, 0.2) is 5.18 Å². The van der Waals surface area contributed by atoms with E-state index < -0.39 is 0 Å². The van der Waals surface area contributed by atoms with Gasteiger partial charge in [0.25, 0.3) is 18.0 Å². The van der Waals surface area contributed by atoms with Crippen molar-refractivity contribution in [3.63, 3.8) is 0 Å². The van der Waals surface area contributed by atoms with Gasteiger partial charge in [-0.15, -0.1) is 10.2 Å². The number of methoxy groups -OCH3 is 1. The van der Waals surface area contributed by atoms with Gasteiger partial charge in [0, 0.05) is 13.1 Å². The third-order valence-electron chi connectivity index (χ3n) is 2.87. The van der Waals surface area contributed by atoms with E-state index in [4.69, 9.17) is 10.00 Å². The fourth-order valence-corrected chi connectivity index (χ4v) is 1.97. The minimum absolute atomic E-state index is 0.0100. The topological polar surface area (TPSA) is 101 Å². The molecule has 0 atom stereocenters. The van der Waals surface area contributed by atoms with Gasteiger partial charge in [0.15, 0.2) is 0 Å². The van der Waals surface area contributed by atoms with Gasteiger partial charge in [-0.1, -0.05) is 0 Å². The monoisotopic (exact) mass is 263 g/mol. The van der Waals surface area contributed by atoms with Crippen molar-refractivity contribution in [2.24, 2.45) is 5.18 Å². The van der Waals surface area contributed by atoms with Crippen molar-refractivity contribution in [3.8, 4) is 18.0 Å². The molecule has 8 heteroatoms. The van der Waals surface area contributed by atoms with Crippen molar-refractivity contribution in [2.75, 3.05) is 25.1 Å². The zero-order chi connectivity index (χ0) is 13.7. The van der Waals surface area contributed by atoms with E-state index in [1.165, 1.54) is 19.8 Å². The summed E-state index contributed by atoms with van der Waals surface area (Å²) >= 11 is 0. The molecule has 1 aromatic heterocycles. The molecule has 1 aliphatic rings. The highest BCUT2D eigenvalue weighted by atomic mass is 16.5. The summed E-state index contributed by atoms with van der Waals surface area (Å²) < 4.78 is 9.65. The van der Waals surface area contributed by atoms with Crippen LogP contribution >= 0.6 is 0 Å². The van der Waals surface area contributed by atoms with Gasteiger partial charge in [-0.2, -0.15) is 9.97 Å². The Morgan fingerprint density at radius 3 is 2.53 bits per heavy atom. The number of aromatic nitrogens is 2. The first-order valence-corrected chi connectivity index (χ1v) is 5.90. The van der Waals surface area contributed by atoms with E-state index >= 15 is 0 Å². The van der Waals surface area contributed by atoms with Crippen LogP contribution in [0.25, 0.3) is 0 Å². The lowest BCUT2D eigenvalue weighted by Gasteiger charge is -2.26. The molecule has 2 rings (SSSR count). The zero-order valence-corrected chi connectivity index (χ0v) is 10.5. The molecule has 0 amide bonds. The van der Waals surface area contributed by atoms with E-state index in [1.54, 1.807) is 0 Å². The lowest BCUT2D eigenvalue weighted by molar-refractivity contribution is 0.391. The lowest BCUT2D eigenvalue weighted by atomic mass is 10.1. The van der Waals surface area contributed by atoms with E-state index in [0.717, 1.165) is 25.9 Å². The normalized spacial score (nSPS) is 14.6. The summed E-state index contributed by atoms with van der Waals surface area (Å²) in [4.78, 5) is 20.9. The van der Waals surface area contributed by atoms with Crippen LogP contribution in [-0.2, 0) is 0 Å². The van der Waals surface area contributed by atoms with Crippen LogP contribution in [-0.4, -0.2) is 30.2 Å². The molecule has 0 radical (unpaired) electrons. The highest BCUT2D eigenvalue weighted by Crippen LogP contribution is 2.36. The molecule has 19 heavy (non-hydrogen) atoms. The molecule has 1 aromatic rings. The summed E-state index contributed by atoms with van der Waals surface area (Å²) in [6.45, 7) is 1.64. The van der Waals surface area contributed by atoms with Gasteiger partial charge in [-0.25, -0.2) is 0 Å². The molecule has 0 saturated carbocycles. The quantitative estimate of drug-likeness (QED) is 0.602. The number of anilines is 1. The molecule has 1 aliphatic heterocycles. The second kappa shape index (κ2) is 5.95. The molecule has 2 heterocycles. The Morgan fingerprint density at radius 2 is 1.95 bits per heavy atom. The highest BCUT2D eigenvalue weighted by Gasteiger charge is 2.22. The van der Waals surface area contributed by atoms with Crippen molar-refractivity contribution in [2.45, 2.75) is 19.3 Å². The first-order valence-electron chi connectivity index (χ1n) is 5.90. The summed E-state index contributed by atoms with van der Waals surface area (Å²) in [6.07, 6.45) is 4.75. The van der Waals surface area contributed by atoms with Gasteiger partial charge in [0.1, 0.15) is 0 Å². The predicted molar refractivity (Wildman–Crippen MR) is 66.3 cm³/mol. The lowest BCUT2D eigenvalue weighted by Crippen LogP contribution is -2.31. The molecule has 0 aliphatic carbocycles. The van der Waals surface area contributed by atoms with Gasteiger partial charge in [-0.3, -0.25) is 0 Å². The van der Waals surface area contributed by atoms with E-state index in [0.29, 0.717) is 5.95 Å². The van der Waals surface area contributed by atoms with Crippen molar-refractivity contribution < 1.29 is 9.47 Å². The van der Waals surface area contributed by atoms with Crippen LogP contribution in [0.1, 0.15) is 19.3 Å². The minimum atomic E-state index is -0.204. The number of piperidine rings is 1. The van der Waals surface area contributed by atoms with Gasteiger partial charge < -0.3 is 14.4 Å². The zero-order valence-electron chi connectivity index (χ0n) is 10.5. The minimum Gasteiger partial charge on any atom is -0.479 e. The summed E-state index contributed by atoms with van der Waals surface area (Å²) in [7, 11) is 1.37. The second-order valence-electron chi connectivity index (χ2n) is 4.02. The largest absolute Gasteiger partial charge is 0.479 e. The molecule has 0 N–H and O–H groups in total. The molecule has 8 nitrogen and oxygen atoms in total. The van der Waals surface area contributed by atoms with E-state index in [1.807, 2.05) is 4.90 Å². The molecule has 0 aromatic carbocycles. The van der Waals surface area contributed by atoms with E-state index in [-0.39, 0.29) is 17.4 Å². The average Bonchev–Trinajstić information content (AvgIpc) is 2.47. The fraction of sp³-hybridized carbons (Fsp3) is 0.545. The van der Waals surface area contributed by atoms with Crippen LogP contribution in [0.4, 0.5) is 11.6 Å². The Morgan fingerprint density at radius 1 is 1.26 bits per heavy atom. The number of nitroso groups, excluding NO2 is 1. The number of rotatable bonds is 4. The highest BCUT2D eigenvalue weighted by molar-refractivity contribution is 5.58. The standard InChI is InChI=1S/C11H13N5O3/c1-18-9-8(15-17)10(19-7-12)14-11(13-9)16-5-3-2-4-6-16/h2-6H2,1H3. The van der Waals surface area contributed by atoms with E-state index in [9.17, 15) is 4.91 Å². The summed E-state index contributed by atoms with van der Waals surface area (Å²) in [6, 6.07) is 0. The third kappa shape index (κ3) is 2.70. The predicted octanol–water partition coefficient (Wildman–Crippen LogP) is 1.73. The molecular formula is C11H13N5O3. The van der Waals surface area contributed by atoms with Crippen LogP contribution in [0, 0.1) is 16.4 Å². The number of nitriles is 1. The molecule has 0 unspecified atom stereocenters. The number of hydrogen-bond acceptors (Lipinski definition) is 8. The molecule has 0 spiro atoms. The van der Waals surface area contributed by atoms with Crippen LogP contribution < -0.4 is 14.4 Å². The van der Waals surface area contributed by atoms with Gasteiger partial charge in [-0.05, 0) is 24.4 Å². The maximum absolute atomic E-state index is 10.8.